The summed E-state index contributed by atoms with van der Waals surface area (Å²) in [5, 5.41) is 17.4. The molecule has 4 aromatic carbocycles. The number of carbonyl (C=O) groups excluding carboxylic acids is 2. The molecule has 2 aliphatic heterocycles. The van der Waals surface area contributed by atoms with Gasteiger partial charge in [-0.15, -0.1) is 0 Å². The number of methoxy groups -OCH3 is 2. The second kappa shape index (κ2) is 14.8. The number of aliphatic hydroxyl groups is 1. The van der Waals surface area contributed by atoms with Crippen LogP contribution in [-0.4, -0.2) is 83.7 Å². The number of nitrogens with one attached hydrogen (secondary N) is 2. The number of urea groups is 1. The lowest BCUT2D eigenvalue weighted by molar-refractivity contribution is -0.173. The minimum Gasteiger partial charge on any atom is -0.497 e. The molecule has 2 saturated heterocycles. The number of likely N-dealkylation sites (tertiary alicyclic amines) is 1. The first-order valence-electron chi connectivity index (χ1n) is 17.4. The van der Waals surface area contributed by atoms with E-state index in [-0.39, 0.29) is 19.0 Å². The maximum Gasteiger partial charge on any atom is 0.351 e. The molecular weight excluding hydrogens is 690 g/mol. The first-order valence-corrected chi connectivity index (χ1v) is 17.4. The van der Waals surface area contributed by atoms with E-state index in [1.807, 2.05) is 78.9 Å². The van der Waals surface area contributed by atoms with Gasteiger partial charge in [0.15, 0.2) is 6.23 Å². The van der Waals surface area contributed by atoms with Gasteiger partial charge in [-0.2, -0.15) is 4.98 Å². The lowest BCUT2D eigenvalue weighted by Crippen LogP contribution is -2.54. The SMILES string of the molecule is CNC(=O)N1C[C@]2(COC(c3ccccc3)(c3ccc(OC)cc3)c3ccc(OC)cc3)O[C@@H](n3cc(C)c(NC(=O)c4ccccc4)nc3=O)[C@H]1[C@@H]2O. The molecule has 0 radical (unpaired) electrons. The Morgan fingerprint density at radius 2 is 1.44 bits per heavy atom. The smallest absolute Gasteiger partial charge is 0.351 e. The average molecular weight is 732 g/mol. The zero-order valence-electron chi connectivity index (χ0n) is 30.3. The molecule has 2 fully saturated rings. The molecule has 13 heteroatoms. The summed E-state index contributed by atoms with van der Waals surface area (Å²) < 4.78 is 26.0. The van der Waals surface area contributed by atoms with Gasteiger partial charge >= 0.3 is 11.7 Å². The maximum atomic E-state index is 13.7. The number of morpholine rings is 1. The number of benzene rings is 4. The number of hydrogen-bond acceptors (Lipinski definition) is 9. The normalized spacial score (nSPS) is 20.4. The number of carbonyl (C=O) groups is 2. The minimum absolute atomic E-state index is 0.0303. The summed E-state index contributed by atoms with van der Waals surface area (Å²) in [7, 11) is 4.69. The lowest BCUT2D eigenvalue weighted by atomic mass is 9.79. The summed E-state index contributed by atoms with van der Waals surface area (Å²) in [6.07, 6.45) is -0.905. The van der Waals surface area contributed by atoms with Crippen molar-refractivity contribution in [1.82, 2.24) is 19.8 Å². The zero-order chi connectivity index (χ0) is 38.0. The third-order valence-corrected chi connectivity index (χ3v) is 10.2. The van der Waals surface area contributed by atoms with Crippen LogP contribution in [0.25, 0.3) is 0 Å². The van der Waals surface area contributed by atoms with Crippen LogP contribution in [0.3, 0.4) is 0 Å². The van der Waals surface area contributed by atoms with Gasteiger partial charge in [-0.05, 0) is 60.0 Å². The molecule has 0 aliphatic carbocycles. The Morgan fingerprint density at radius 1 is 0.889 bits per heavy atom. The van der Waals surface area contributed by atoms with E-state index in [4.69, 9.17) is 18.9 Å². The number of nitrogens with zero attached hydrogens (tertiary/aromatic N) is 3. The Labute approximate surface area is 312 Å². The van der Waals surface area contributed by atoms with E-state index in [1.165, 1.54) is 22.7 Å². The van der Waals surface area contributed by atoms with Gasteiger partial charge in [-0.25, -0.2) is 9.59 Å². The van der Waals surface area contributed by atoms with Crippen LogP contribution >= 0.6 is 0 Å². The van der Waals surface area contributed by atoms with Crippen LogP contribution in [0, 0.1) is 6.92 Å². The largest absolute Gasteiger partial charge is 0.497 e. The second-order valence-electron chi connectivity index (χ2n) is 13.3. The number of aryl methyl sites for hydroxylation is 1. The fraction of sp³-hybridized carbons (Fsp3) is 0.268. The molecule has 0 spiro atoms. The number of aromatic nitrogens is 2. The quantitative estimate of drug-likeness (QED) is 0.167. The van der Waals surface area contributed by atoms with E-state index < -0.39 is 47.2 Å². The van der Waals surface area contributed by atoms with Crippen LogP contribution in [-0.2, 0) is 15.1 Å². The number of ether oxygens (including phenoxy) is 4. The molecule has 3 heterocycles. The lowest BCUT2D eigenvalue weighted by Gasteiger charge is -2.41. The molecule has 4 atom stereocenters. The van der Waals surface area contributed by atoms with E-state index in [2.05, 4.69) is 15.6 Å². The van der Waals surface area contributed by atoms with Crippen LogP contribution in [0.1, 0.15) is 38.8 Å². The summed E-state index contributed by atoms with van der Waals surface area (Å²) >= 11 is 0. The molecule has 3 N–H and O–H groups in total. The fourth-order valence-corrected chi connectivity index (χ4v) is 7.38. The third kappa shape index (κ3) is 6.36. The topological polar surface area (TPSA) is 153 Å². The molecular formula is C41H41N5O8. The molecule has 0 saturated carbocycles. The molecule has 2 bridgehead atoms. The van der Waals surface area contributed by atoms with Gasteiger partial charge < -0.3 is 39.6 Å². The molecule has 2 aliphatic rings. The molecule has 7 rings (SSSR count). The molecule has 0 unspecified atom stereocenters. The van der Waals surface area contributed by atoms with Gasteiger partial charge in [0.1, 0.15) is 40.7 Å². The van der Waals surface area contributed by atoms with Crippen molar-refractivity contribution in [2.75, 3.05) is 39.7 Å². The number of amides is 3. The highest BCUT2D eigenvalue weighted by Crippen LogP contribution is 2.49. The van der Waals surface area contributed by atoms with E-state index in [1.54, 1.807) is 51.5 Å². The first kappa shape index (κ1) is 36.3. The van der Waals surface area contributed by atoms with Crippen LogP contribution in [0.5, 0.6) is 11.5 Å². The van der Waals surface area contributed by atoms with Crippen molar-refractivity contribution in [3.63, 3.8) is 0 Å². The van der Waals surface area contributed by atoms with Gasteiger partial charge in [0.2, 0.25) is 0 Å². The van der Waals surface area contributed by atoms with E-state index in [0.29, 0.717) is 22.6 Å². The molecule has 3 amide bonds. The summed E-state index contributed by atoms with van der Waals surface area (Å²) in [6, 6.07) is 31.9. The van der Waals surface area contributed by atoms with Crippen LogP contribution in [0.2, 0.25) is 0 Å². The highest BCUT2D eigenvalue weighted by molar-refractivity contribution is 6.04. The summed E-state index contributed by atoms with van der Waals surface area (Å²) in [5.41, 5.74) is -0.267. The number of fused-ring (bicyclic) bond motifs is 2. The van der Waals surface area contributed by atoms with Crippen LogP contribution in [0.15, 0.2) is 120 Å². The first-order chi connectivity index (χ1) is 26.1. The van der Waals surface area contributed by atoms with Crippen molar-refractivity contribution < 1.29 is 33.6 Å². The van der Waals surface area contributed by atoms with Crippen LogP contribution in [0.4, 0.5) is 10.6 Å². The molecule has 278 valence electrons. The van der Waals surface area contributed by atoms with Gasteiger partial charge in [0.05, 0.1) is 27.4 Å². The Hall–Kier alpha value is -6.02. The average Bonchev–Trinajstić information content (AvgIpc) is 3.66. The van der Waals surface area contributed by atoms with E-state index in [9.17, 15) is 19.5 Å². The van der Waals surface area contributed by atoms with Crippen molar-refractivity contribution in [1.29, 1.82) is 0 Å². The van der Waals surface area contributed by atoms with Gasteiger partial charge in [0.25, 0.3) is 5.91 Å². The number of rotatable bonds is 11. The fourth-order valence-electron chi connectivity index (χ4n) is 7.38. The Kier molecular flexibility index (Phi) is 9.95. The van der Waals surface area contributed by atoms with E-state index in [0.717, 1.165) is 16.7 Å². The van der Waals surface area contributed by atoms with Gasteiger partial charge in [0, 0.05) is 24.4 Å². The monoisotopic (exact) mass is 731 g/mol. The highest BCUT2D eigenvalue weighted by atomic mass is 16.6. The minimum atomic E-state index is -1.48. The van der Waals surface area contributed by atoms with Crippen molar-refractivity contribution in [3.05, 3.63) is 154 Å². The van der Waals surface area contributed by atoms with Gasteiger partial charge in [-0.3, -0.25) is 9.36 Å². The molecule has 13 nitrogen and oxygen atoms in total. The Bertz CT molecular complexity index is 2130. The van der Waals surface area contributed by atoms with Crippen molar-refractivity contribution in [3.8, 4) is 11.5 Å². The third-order valence-electron chi connectivity index (χ3n) is 10.2. The predicted molar refractivity (Wildman–Crippen MR) is 200 cm³/mol. The zero-order valence-corrected chi connectivity index (χ0v) is 30.3. The molecule has 5 aromatic rings. The summed E-state index contributed by atoms with van der Waals surface area (Å²) in [6.45, 7) is 1.46. The van der Waals surface area contributed by atoms with Crippen molar-refractivity contribution in [2.24, 2.45) is 0 Å². The number of anilines is 1. The van der Waals surface area contributed by atoms with Gasteiger partial charge in [-0.1, -0.05) is 72.8 Å². The van der Waals surface area contributed by atoms with Crippen molar-refractivity contribution >= 4 is 17.8 Å². The molecule has 1 aromatic heterocycles. The number of aliphatic hydroxyl groups excluding tert-OH is 1. The Balaban J connectivity index is 1.28. The standard InChI is InChI=1S/C41H41N5O8/c1-26-23-45(39(50)44-35(26)43-36(48)27-11-7-5-8-12-27)37-33-34(47)40(54-37,24-46(33)38(49)42-2)25-53-41(28-13-9-6-10-14-28,29-15-19-31(51-3)20-16-29)30-17-21-32(52-4)22-18-30/h5-23,33-34,37,47H,24-25H2,1-4H3,(H,42,49)(H,43,44,48,50)/t33-,34+,37-,40-/m1/s1. The predicted octanol–water partition coefficient (Wildman–Crippen LogP) is 4.48. The Morgan fingerprint density at radius 3 is 2.00 bits per heavy atom. The molecule has 54 heavy (non-hydrogen) atoms. The second-order valence-corrected chi connectivity index (χ2v) is 13.3. The van der Waals surface area contributed by atoms with Crippen molar-refractivity contribution in [2.45, 2.75) is 36.5 Å². The summed E-state index contributed by atoms with van der Waals surface area (Å²) in [5.74, 6) is 0.978. The summed E-state index contributed by atoms with van der Waals surface area (Å²) in [4.78, 5) is 45.6. The number of hydrogen-bond donors (Lipinski definition) is 3. The van der Waals surface area contributed by atoms with E-state index >= 15 is 0 Å². The van der Waals surface area contributed by atoms with Crippen LogP contribution < -0.4 is 25.8 Å². The highest BCUT2D eigenvalue weighted by Gasteiger charge is 2.66. The maximum absolute atomic E-state index is 13.7.